The number of nitrogens with zero attached hydrogens (tertiary/aromatic N) is 1. The van der Waals surface area contributed by atoms with Gasteiger partial charge >= 0.3 is 0 Å². The Labute approximate surface area is 82.6 Å². The number of amides is 1. The molecule has 0 saturated heterocycles. The zero-order valence-corrected chi connectivity index (χ0v) is 9.52. The molecule has 72 valence electrons. The molecule has 0 radical (unpaired) electrons. The number of alkyl halides is 1. The third-order valence-electron chi connectivity index (χ3n) is 1.59. The molecule has 0 aromatic heterocycles. The van der Waals surface area contributed by atoms with Crippen molar-refractivity contribution in [3.8, 4) is 0 Å². The lowest BCUT2D eigenvalue weighted by Gasteiger charge is -2.17. The van der Waals surface area contributed by atoms with Gasteiger partial charge < -0.3 is 5.32 Å². The minimum absolute atomic E-state index is 0.119. The summed E-state index contributed by atoms with van der Waals surface area (Å²) in [6.07, 6.45) is 1.49. The Kier molecular flexibility index (Phi) is 6.38. The van der Waals surface area contributed by atoms with Crippen molar-refractivity contribution >= 4 is 21.8 Å². The van der Waals surface area contributed by atoms with Crippen molar-refractivity contribution in [3.05, 3.63) is 0 Å². The summed E-state index contributed by atoms with van der Waals surface area (Å²) in [5.41, 5.74) is 0. The van der Waals surface area contributed by atoms with E-state index in [4.69, 9.17) is 0 Å². The molecule has 0 aliphatic heterocycles. The summed E-state index contributed by atoms with van der Waals surface area (Å²) < 4.78 is 0. The van der Waals surface area contributed by atoms with E-state index in [2.05, 4.69) is 26.1 Å². The Balaban J connectivity index is 3.37. The van der Waals surface area contributed by atoms with Crippen LogP contribution in [0.25, 0.3) is 0 Å². The summed E-state index contributed by atoms with van der Waals surface area (Å²) in [5, 5.41) is 2.82. The molecule has 0 aromatic carbocycles. The topological polar surface area (TPSA) is 32.3 Å². The van der Waals surface area contributed by atoms with Crippen molar-refractivity contribution in [2.24, 2.45) is 0 Å². The molecule has 0 fully saturated rings. The van der Waals surface area contributed by atoms with Gasteiger partial charge in [0.05, 0.1) is 4.95 Å². The van der Waals surface area contributed by atoms with Crippen molar-refractivity contribution in [1.29, 1.82) is 0 Å². The maximum atomic E-state index is 10.8. The van der Waals surface area contributed by atoms with Crippen LogP contribution in [0.3, 0.4) is 0 Å². The molecular weight excluding hydrogens is 220 g/mol. The predicted molar refractivity (Wildman–Crippen MR) is 54.3 cm³/mol. The molecule has 1 atom stereocenters. The fraction of sp³-hybridized carbons (Fsp3) is 0.875. The van der Waals surface area contributed by atoms with E-state index in [9.17, 15) is 4.79 Å². The lowest BCUT2D eigenvalue weighted by molar-refractivity contribution is -0.120. The first-order valence-electron chi connectivity index (χ1n) is 4.15. The monoisotopic (exact) mass is 236 g/mol. The molecule has 3 nitrogen and oxygen atoms in total. The zero-order valence-electron chi connectivity index (χ0n) is 7.93. The molecule has 0 heterocycles. The molecule has 1 amide bonds. The quantitative estimate of drug-likeness (QED) is 0.575. The van der Waals surface area contributed by atoms with Crippen molar-refractivity contribution in [3.63, 3.8) is 0 Å². The number of rotatable bonds is 5. The second kappa shape index (κ2) is 6.43. The van der Waals surface area contributed by atoms with E-state index in [1.54, 1.807) is 0 Å². The number of hydrogen-bond acceptors (Lipinski definition) is 2. The fourth-order valence-corrected chi connectivity index (χ4v) is 0.943. The van der Waals surface area contributed by atoms with Crippen LogP contribution >= 0.6 is 15.9 Å². The first-order valence-corrected chi connectivity index (χ1v) is 5.06. The molecule has 4 heteroatoms. The van der Waals surface area contributed by atoms with Crippen molar-refractivity contribution in [2.75, 3.05) is 20.6 Å². The molecule has 1 N–H and O–H groups in total. The predicted octanol–water partition coefficient (Wildman–Crippen LogP) is 1.19. The normalized spacial score (nSPS) is 13.1. The second-order valence-electron chi connectivity index (χ2n) is 2.89. The third kappa shape index (κ3) is 5.55. The van der Waals surface area contributed by atoms with Gasteiger partial charge in [-0.05, 0) is 20.5 Å². The SMILES string of the molecule is CCC(=O)NCCC(Br)N(C)C. The highest BCUT2D eigenvalue weighted by Gasteiger charge is 2.05. The fourth-order valence-electron chi connectivity index (χ4n) is 0.714. The van der Waals surface area contributed by atoms with Crippen LogP contribution in [0.5, 0.6) is 0 Å². The van der Waals surface area contributed by atoms with Gasteiger partial charge in [0.2, 0.25) is 5.91 Å². The molecule has 0 bridgehead atoms. The standard InChI is InChI=1S/C8H17BrN2O/c1-4-8(12)10-6-5-7(9)11(2)3/h7H,4-6H2,1-3H3,(H,10,12). The summed E-state index contributed by atoms with van der Waals surface area (Å²) in [7, 11) is 4.00. The molecule has 0 spiro atoms. The van der Waals surface area contributed by atoms with Crippen molar-refractivity contribution in [1.82, 2.24) is 10.2 Å². The highest BCUT2D eigenvalue weighted by molar-refractivity contribution is 9.09. The van der Waals surface area contributed by atoms with Gasteiger partial charge in [0.25, 0.3) is 0 Å². The lowest BCUT2D eigenvalue weighted by atomic mass is 10.4. The summed E-state index contributed by atoms with van der Waals surface area (Å²) in [5.74, 6) is 0.119. The largest absolute Gasteiger partial charge is 0.356 e. The van der Waals surface area contributed by atoms with E-state index in [-0.39, 0.29) is 5.91 Å². The Morgan fingerprint density at radius 1 is 1.58 bits per heavy atom. The number of halogens is 1. The molecule has 0 saturated carbocycles. The average molecular weight is 237 g/mol. The Morgan fingerprint density at radius 3 is 2.58 bits per heavy atom. The maximum Gasteiger partial charge on any atom is 0.219 e. The average Bonchev–Trinajstić information content (AvgIpc) is 2.03. The number of carbonyl (C=O) groups is 1. The summed E-state index contributed by atoms with van der Waals surface area (Å²) >= 11 is 3.49. The maximum absolute atomic E-state index is 10.8. The lowest BCUT2D eigenvalue weighted by Crippen LogP contribution is -2.29. The number of hydrogen-bond donors (Lipinski definition) is 1. The third-order valence-corrected chi connectivity index (χ3v) is 2.86. The Hall–Kier alpha value is -0.0900. The van der Waals surface area contributed by atoms with E-state index in [0.717, 1.165) is 13.0 Å². The molecule has 0 aromatic rings. The van der Waals surface area contributed by atoms with E-state index in [1.807, 2.05) is 21.0 Å². The van der Waals surface area contributed by atoms with Gasteiger partial charge in [0, 0.05) is 13.0 Å². The van der Waals surface area contributed by atoms with E-state index in [0.29, 0.717) is 11.4 Å². The van der Waals surface area contributed by atoms with Crippen LogP contribution in [-0.2, 0) is 4.79 Å². The smallest absolute Gasteiger partial charge is 0.219 e. The van der Waals surface area contributed by atoms with E-state index in [1.165, 1.54) is 0 Å². The Bertz CT molecular complexity index is 139. The molecule has 0 aliphatic rings. The zero-order chi connectivity index (χ0) is 9.56. The van der Waals surface area contributed by atoms with Gasteiger partial charge in [-0.3, -0.25) is 9.69 Å². The van der Waals surface area contributed by atoms with Gasteiger partial charge in [-0.25, -0.2) is 0 Å². The van der Waals surface area contributed by atoms with Crippen LogP contribution in [0.2, 0.25) is 0 Å². The molecule has 0 aliphatic carbocycles. The summed E-state index contributed by atoms with van der Waals surface area (Å²) in [4.78, 5) is 13.2. The van der Waals surface area contributed by atoms with Crippen molar-refractivity contribution in [2.45, 2.75) is 24.7 Å². The van der Waals surface area contributed by atoms with Crippen LogP contribution in [-0.4, -0.2) is 36.4 Å². The van der Waals surface area contributed by atoms with Gasteiger partial charge in [-0.2, -0.15) is 0 Å². The van der Waals surface area contributed by atoms with Crippen LogP contribution in [0.1, 0.15) is 19.8 Å². The molecule has 0 rings (SSSR count). The summed E-state index contributed by atoms with van der Waals surface area (Å²) in [6, 6.07) is 0. The van der Waals surface area contributed by atoms with E-state index < -0.39 is 0 Å². The first-order chi connectivity index (χ1) is 5.57. The minimum atomic E-state index is 0.119. The number of carbonyl (C=O) groups excluding carboxylic acids is 1. The van der Waals surface area contributed by atoms with Crippen LogP contribution < -0.4 is 5.32 Å². The van der Waals surface area contributed by atoms with Gasteiger partial charge in [-0.15, -0.1) is 0 Å². The summed E-state index contributed by atoms with van der Waals surface area (Å²) in [6.45, 7) is 2.59. The number of nitrogens with one attached hydrogen (secondary N) is 1. The molecular formula is C8H17BrN2O. The Morgan fingerprint density at radius 2 is 2.17 bits per heavy atom. The van der Waals surface area contributed by atoms with Crippen LogP contribution in [0.15, 0.2) is 0 Å². The molecule has 12 heavy (non-hydrogen) atoms. The van der Waals surface area contributed by atoms with Crippen LogP contribution in [0.4, 0.5) is 0 Å². The molecule has 1 unspecified atom stereocenters. The van der Waals surface area contributed by atoms with E-state index >= 15 is 0 Å². The van der Waals surface area contributed by atoms with Crippen molar-refractivity contribution < 1.29 is 4.79 Å². The van der Waals surface area contributed by atoms with Gasteiger partial charge in [0.1, 0.15) is 0 Å². The van der Waals surface area contributed by atoms with Gasteiger partial charge in [0.15, 0.2) is 0 Å². The second-order valence-corrected chi connectivity index (χ2v) is 3.95. The highest BCUT2D eigenvalue weighted by Crippen LogP contribution is 2.05. The van der Waals surface area contributed by atoms with Gasteiger partial charge in [-0.1, -0.05) is 22.9 Å². The minimum Gasteiger partial charge on any atom is -0.356 e. The first kappa shape index (κ1) is 11.9. The highest BCUT2D eigenvalue weighted by atomic mass is 79.9. The van der Waals surface area contributed by atoms with Crippen LogP contribution in [0, 0.1) is 0 Å².